The Balaban J connectivity index is 2.23. The molecule has 0 atom stereocenters. The standard InChI is InChI=1S/C24H26O3/c1-14-9-19(10-15(2)23(14)26)22(18-7-5-6-8-21(25)13-18)20-11-16(3)24(27)17(4)12-20/h5-12,22,25-27H,13H2,1-4H3. The first-order valence-corrected chi connectivity index (χ1v) is 9.13. The predicted octanol–water partition coefficient (Wildman–Crippen LogP) is 5.79. The number of aryl methyl sites for hydroxylation is 4. The average molecular weight is 362 g/mol. The van der Waals surface area contributed by atoms with Gasteiger partial charge in [0.2, 0.25) is 0 Å². The number of phenols is 2. The molecule has 0 bridgehead atoms. The Morgan fingerprint density at radius 3 is 1.52 bits per heavy atom. The van der Waals surface area contributed by atoms with Crippen molar-refractivity contribution >= 4 is 0 Å². The van der Waals surface area contributed by atoms with Crippen molar-refractivity contribution in [3.63, 3.8) is 0 Å². The molecular weight excluding hydrogens is 336 g/mol. The van der Waals surface area contributed by atoms with Crippen LogP contribution < -0.4 is 0 Å². The van der Waals surface area contributed by atoms with Crippen molar-refractivity contribution in [3.8, 4) is 11.5 Å². The molecular formula is C24H26O3. The molecule has 27 heavy (non-hydrogen) atoms. The molecule has 2 aromatic rings. The van der Waals surface area contributed by atoms with Gasteiger partial charge in [0.15, 0.2) is 0 Å². The van der Waals surface area contributed by atoms with Crippen molar-refractivity contribution in [1.29, 1.82) is 0 Å². The summed E-state index contributed by atoms with van der Waals surface area (Å²) >= 11 is 0. The highest BCUT2D eigenvalue weighted by atomic mass is 16.3. The predicted molar refractivity (Wildman–Crippen MR) is 110 cm³/mol. The second kappa shape index (κ2) is 7.36. The van der Waals surface area contributed by atoms with Crippen molar-refractivity contribution in [2.75, 3.05) is 0 Å². The minimum Gasteiger partial charge on any atom is -0.512 e. The maximum Gasteiger partial charge on any atom is 0.121 e. The average Bonchev–Trinajstić information content (AvgIpc) is 2.82. The van der Waals surface area contributed by atoms with Crippen molar-refractivity contribution < 1.29 is 15.3 Å². The molecule has 1 aliphatic carbocycles. The molecule has 0 fully saturated rings. The quantitative estimate of drug-likeness (QED) is 0.647. The molecule has 0 aromatic heterocycles. The van der Waals surface area contributed by atoms with E-state index in [1.165, 1.54) is 0 Å². The van der Waals surface area contributed by atoms with Gasteiger partial charge in [-0.2, -0.15) is 0 Å². The zero-order valence-electron chi connectivity index (χ0n) is 16.2. The maximum absolute atomic E-state index is 10.2. The van der Waals surface area contributed by atoms with Crippen LogP contribution in [0.1, 0.15) is 45.7 Å². The fourth-order valence-electron chi connectivity index (χ4n) is 3.80. The number of benzene rings is 2. The minimum atomic E-state index is -0.0840. The van der Waals surface area contributed by atoms with Crippen LogP contribution in [-0.2, 0) is 0 Å². The lowest BCUT2D eigenvalue weighted by atomic mass is 9.80. The molecule has 3 N–H and O–H groups in total. The fraction of sp³-hybridized carbons (Fsp3) is 0.250. The Hall–Kier alpha value is -2.94. The Morgan fingerprint density at radius 1 is 0.667 bits per heavy atom. The molecule has 3 heteroatoms. The van der Waals surface area contributed by atoms with Crippen molar-refractivity contribution in [3.05, 3.63) is 93.3 Å². The normalized spacial score (nSPS) is 14.1. The van der Waals surface area contributed by atoms with Gasteiger partial charge in [-0.1, -0.05) is 48.1 Å². The fourth-order valence-corrected chi connectivity index (χ4v) is 3.80. The van der Waals surface area contributed by atoms with Gasteiger partial charge in [0.25, 0.3) is 0 Å². The third kappa shape index (κ3) is 3.77. The molecule has 2 aromatic carbocycles. The van der Waals surface area contributed by atoms with E-state index >= 15 is 0 Å². The van der Waals surface area contributed by atoms with Gasteiger partial charge in [0.1, 0.15) is 11.5 Å². The highest BCUT2D eigenvalue weighted by molar-refractivity contribution is 5.53. The molecule has 0 spiro atoms. The lowest BCUT2D eigenvalue weighted by Gasteiger charge is -2.24. The van der Waals surface area contributed by atoms with Crippen LogP contribution in [0.2, 0.25) is 0 Å². The third-order valence-corrected chi connectivity index (χ3v) is 5.16. The molecule has 0 amide bonds. The van der Waals surface area contributed by atoms with Gasteiger partial charge >= 0.3 is 0 Å². The smallest absolute Gasteiger partial charge is 0.121 e. The second-order valence-corrected chi connectivity index (χ2v) is 7.40. The number of allylic oxidation sites excluding steroid dienone is 5. The zero-order valence-corrected chi connectivity index (χ0v) is 16.2. The van der Waals surface area contributed by atoms with E-state index in [4.69, 9.17) is 0 Å². The summed E-state index contributed by atoms with van der Waals surface area (Å²) in [6.07, 6.45) is 7.97. The summed E-state index contributed by atoms with van der Waals surface area (Å²) in [6, 6.07) is 8.00. The zero-order chi connectivity index (χ0) is 19.7. The van der Waals surface area contributed by atoms with Crippen LogP contribution in [0.5, 0.6) is 11.5 Å². The van der Waals surface area contributed by atoms with Crippen LogP contribution in [0.3, 0.4) is 0 Å². The van der Waals surface area contributed by atoms with E-state index < -0.39 is 0 Å². The summed E-state index contributed by atoms with van der Waals surface area (Å²) in [4.78, 5) is 0. The van der Waals surface area contributed by atoms with E-state index in [1.54, 1.807) is 6.08 Å². The van der Waals surface area contributed by atoms with Crippen LogP contribution in [0.25, 0.3) is 0 Å². The monoisotopic (exact) mass is 362 g/mol. The van der Waals surface area contributed by atoms with E-state index in [-0.39, 0.29) is 5.92 Å². The van der Waals surface area contributed by atoms with E-state index in [0.29, 0.717) is 23.7 Å². The summed E-state index contributed by atoms with van der Waals surface area (Å²) in [7, 11) is 0. The van der Waals surface area contributed by atoms with E-state index in [9.17, 15) is 15.3 Å². The van der Waals surface area contributed by atoms with Crippen LogP contribution in [0.15, 0.2) is 59.9 Å². The molecule has 0 heterocycles. The Kier molecular flexibility index (Phi) is 5.13. The summed E-state index contributed by atoms with van der Waals surface area (Å²) < 4.78 is 0. The molecule has 3 rings (SSSR count). The number of rotatable bonds is 3. The number of phenolic OH excluding ortho intramolecular Hbond substituents is 2. The van der Waals surface area contributed by atoms with Gasteiger partial charge in [-0.15, -0.1) is 0 Å². The molecule has 1 aliphatic rings. The van der Waals surface area contributed by atoms with Gasteiger partial charge in [-0.25, -0.2) is 0 Å². The third-order valence-electron chi connectivity index (χ3n) is 5.16. The highest BCUT2D eigenvalue weighted by Gasteiger charge is 2.23. The molecule has 0 radical (unpaired) electrons. The summed E-state index contributed by atoms with van der Waals surface area (Å²) in [5, 5.41) is 30.6. The van der Waals surface area contributed by atoms with Crippen molar-refractivity contribution in [2.24, 2.45) is 0 Å². The molecule has 140 valence electrons. The molecule has 3 nitrogen and oxygen atoms in total. The molecule has 0 unspecified atom stereocenters. The summed E-state index contributed by atoms with van der Waals surface area (Å²) in [5.41, 5.74) is 6.48. The summed E-state index contributed by atoms with van der Waals surface area (Å²) in [6.45, 7) is 7.59. The number of hydrogen-bond donors (Lipinski definition) is 3. The Morgan fingerprint density at radius 2 is 1.07 bits per heavy atom. The molecule has 0 aliphatic heterocycles. The van der Waals surface area contributed by atoms with E-state index in [1.807, 2.05) is 70.2 Å². The first-order valence-electron chi connectivity index (χ1n) is 9.13. The summed E-state index contributed by atoms with van der Waals surface area (Å²) in [5.74, 6) is 0.861. The largest absolute Gasteiger partial charge is 0.512 e. The van der Waals surface area contributed by atoms with Crippen LogP contribution in [0, 0.1) is 27.7 Å². The lowest BCUT2D eigenvalue weighted by Crippen LogP contribution is -2.08. The molecule has 0 saturated heterocycles. The van der Waals surface area contributed by atoms with Gasteiger partial charge in [0.05, 0.1) is 5.76 Å². The maximum atomic E-state index is 10.2. The molecule has 0 saturated carbocycles. The Labute approximate surface area is 160 Å². The van der Waals surface area contributed by atoms with Gasteiger partial charge in [-0.3, -0.25) is 0 Å². The number of aromatic hydroxyl groups is 2. The first kappa shape index (κ1) is 18.8. The number of aliphatic hydroxyl groups is 1. The second-order valence-electron chi connectivity index (χ2n) is 7.40. The van der Waals surface area contributed by atoms with E-state index in [2.05, 4.69) is 0 Å². The van der Waals surface area contributed by atoms with Crippen molar-refractivity contribution in [2.45, 2.75) is 40.0 Å². The lowest BCUT2D eigenvalue weighted by molar-refractivity contribution is 0.396. The number of hydrogen-bond acceptors (Lipinski definition) is 3. The Bertz CT molecular complexity index is 874. The van der Waals surface area contributed by atoms with Crippen LogP contribution in [-0.4, -0.2) is 15.3 Å². The van der Waals surface area contributed by atoms with Gasteiger partial charge in [0, 0.05) is 12.3 Å². The topological polar surface area (TPSA) is 60.7 Å². The van der Waals surface area contributed by atoms with Crippen molar-refractivity contribution in [1.82, 2.24) is 0 Å². The number of aliphatic hydroxyl groups excluding tert-OH is 1. The SMILES string of the molecule is Cc1cc(C(C2=CC=CC=C(O)C2)c2cc(C)c(O)c(C)c2)cc(C)c1O. The van der Waals surface area contributed by atoms with Gasteiger partial charge < -0.3 is 15.3 Å². The van der Waals surface area contributed by atoms with Crippen LogP contribution in [0.4, 0.5) is 0 Å². The first-order chi connectivity index (χ1) is 12.8. The minimum absolute atomic E-state index is 0.0840. The van der Waals surface area contributed by atoms with Gasteiger partial charge in [-0.05, 0) is 67.2 Å². The van der Waals surface area contributed by atoms with Crippen LogP contribution >= 0.6 is 0 Å². The van der Waals surface area contributed by atoms with E-state index in [0.717, 1.165) is 39.0 Å². The highest BCUT2D eigenvalue weighted by Crippen LogP contribution is 2.40.